The monoisotopic (exact) mass is 182 g/mol. The maximum Gasteiger partial charge on any atom is 0.358 e. The van der Waals surface area contributed by atoms with E-state index in [-0.39, 0.29) is 5.97 Å². The Morgan fingerprint density at radius 2 is 2.31 bits per heavy atom. The normalized spacial score (nSPS) is 10.1. The fourth-order valence-electron chi connectivity index (χ4n) is 1.16. The molecular weight excluding hydrogens is 168 g/mol. The van der Waals surface area contributed by atoms with Gasteiger partial charge < -0.3 is 9.30 Å². The van der Waals surface area contributed by atoms with Crippen molar-refractivity contribution in [2.24, 2.45) is 0 Å². The lowest BCUT2D eigenvalue weighted by Crippen LogP contribution is -2.07. The third-order valence-electron chi connectivity index (χ3n) is 1.91. The molecule has 0 saturated carbocycles. The van der Waals surface area contributed by atoms with Crippen molar-refractivity contribution >= 4 is 5.97 Å². The van der Waals surface area contributed by atoms with E-state index in [1.807, 2.05) is 18.4 Å². The first kappa shape index (κ1) is 9.77. The summed E-state index contributed by atoms with van der Waals surface area (Å²) in [4.78, 5) is 15.3. The highest BCUT2D eigenvalue weighted by atomic mass is 16.5. The molecule has 0 bridgehead atoms. The van der Waals surface area contributed by atoms with Gasteiger partial charge in [-0.3, -0.25) is 0 Å². The van der Waals surface area contributed by atoms with E-state index < -0.39 is 0 Å². The Morgan fingerprint density at radius 1 is 1.62 bits per heavy atom. The number of hydrogen-bond acceptors (Lipinski definition) is 3. The van der Waals surface area contributed by atoms with Crippen molar-refractivity contribution in [2.45, 2.75) is 27.3 Å². The van der Waals surface area contributed by atoms with Gasteiger partial charge >= 0.3 is 5.97 Å². The molecule has 0 amide bonds. The van der Waals surface area contributed by atoms with Gasteiger partial charge in [-0.05, 0) is 20.8 Å². The highest BCUT2D eigenvalue weighted by Gasteiger charge is 2.14. The number of ether oxygens (including phenoxy) is 1. The number of esters is 1. The predicted molar refractivity (Wildman–Crippen MR) is 48.6 cm³/mol. The average molecular weight is 182 g/mol. The maximum atomic E-state index is 11.3. The summed E-state index contributed by atoms with van der Waals surface area (Å²) in [6, 6.07) is 0. The van der Waals surface area contributed by atoms with Crippen LogP contribution in [0.1, 0.15) is 30.0 Å². The third kappa shape index (κ3) is 1.88. The Morgan fingerprint density at radius 3 is 2.77 bits per heavy atom. The minimum atomic E-state index is -0.341. The van der Waals surface area contributed by atoms with Gasteiger partial charge in [0.2, 0.25) is 0 Å². The molecule has 1 heterocycles. The predicted octanol–water partition coefficient (Wildman–Crippen LogP) is 1.39. The highest BCUT2D eigenvalue weighted by Crippen LogP contribution is 2.07. The molecule has 0 aromatic carbocycles. The van der Waals surface area contributed by atoms with Crippen molar-refractivity contribution in [1.82, 2.24) is 9.55 Å². The summed E-state index contributed by atoms with van der Waals surface area (Å²) in [6.45, 7) is 6.85. The SMILES string of the molecule is CCOC(=O)c1ncn(CC)c1C. The van der Waals surface area contributed by atoms with Crippen LogP contribution in [-0.2, 0) is 11.3 Å². The van der Waals surface area contributed by atoms with E-state index in [4.69, 9.17) is 4.74 Å². The molecule has 13 heavy (non-hydrogen) atoms. The van der Waals surface area contributed by atoms with Gasteiger partial charge in [0.25, 0.3) is 0 Å². The van der Waals surface area contributed by atoms with Gasteiger partial charge in [0, 0.05) is 12.2 Å². The first-order valence-corrected chi connectivity index (χ1v) is 4.39. The molecule has 0 spiro atoms. The van der Waals surface area contributed by atoms with Crippen LogP contribution in [-0.4, -0.2) is 22.1 Å². The molecule has 0 aliphatic heterocycles. The second-order valence-electron chi connectivity index (χ2n) is 2.69. The topological polar surface area (TPSA) is 44.1 Å². The molecule has 72 valence electrons. The summed E-state index contributed by atoms with van der Waals surface area (Å²) >= 11 is 0. The summed E-state index contributed by atoms with van der Waals surface area (Å²) in [5, 5.41) is 0. The number of aryl methyl sites for hydroxylation is 1. The quantitative estimate of drug-likeness (QED) is 0.663. The van der Waals surface area contributed by atoms with Gasteiger partial charge in [-0.25, -0.2) is 9.78 Å². The molecule has 0 atom stereocenters. The van der Waals surface area contributed by atoms with Crippen molar-refractivity contribution in [1.29, 1.82) is 0 Å². The fraction of sp³-hybridized carbons (Fsp3) is 0.556. The van der Waals surface area contributed by atoms with E-state index in [2.05, 4.69) is 4.98 Å². The Kier molecular flexibility index (Phi) is 3.06. The Labute approximate surface area is 77.5 Å². The number of nitrogens with zero attached hydrogens (tertiary/aromatic N) is 2. The number of carbonyl (C=O) groups is 1. The van der Waals surface area contributed by atoms with Crippen LogP contribution in [0.5, 0.6) is 0 Å². The van der Waals surface area contributed by atoms with Crippen molar-refractivity contribution in [2.75, 3.05) is 6.61 Å². The molecule has 4 heteroatoms. The minimum Gasteiger partial charge on any atom is -0.461 e. The second-order valence-corrected chi connectivity index (χ2v) is 2.69. The van der Waals surface area contributed by atoms with Crippen LogP contribution in [0, 0.1) is 6.92 Å². The van der Waals surface area contributed by atoms with Gasteiger partial charge in [0.15, 0.2) is 5.69 Å². The van der Waals surface area contributed by atoms with Gasteiger partial charge in [0.05, 0.1) is 12.9 Å². The summed E-state index contributed by atoms with van der Waals surface area (Å²) in [6.07, 6.45) is 1.65. The van der Waals surface area contributed by atoms with E-state index >= 15 is 0 Å². The lowest BCUT2D eigenvalue weighted by molar-refractivity contribution is 0.0519. The molecule has 1 rings (SSSR count). The van der Waals surface area contributed by atoms with Gasteiger partial charge in [-0.1, -0.05) is 0 Å². The van der Waals surface area contributed by atoms with E-state index in [0.717, 1.165) is 12.2 Å². The van der Waals surface area contributed by atoms with Crippen LogP contribution >= 0.6 is 0 Å². The molecule has 0 radical (unpaired) electrons. The van der Waals surface area contributed by atoms with Crippen LogP contribution in [0.25, 0.3) is 0 Å². The van der Waals surface area contributed by atoms with Crippen LogP contribution in [0.4, 0.5) is 0 Å². The average Bonchev–Trinajstić information content (AvgIpc) is 2.47. The molecule has 0 fully saturated rings. The number of imidazole rings is 1. The van der Waals surface area contributed by atoms with Crippen LogP contribution < -0.4 is 0 Å². The van der Waals surface area contributed by atoms with E-state index in [0.29, 0.717) is 12.3 Å². The molecular formula is C9H14N2O2. The van der Waals surface area contributed by atoms with Crippen molar-refractivity contribution < 1.29 is 9.53 Å². The lowest BCUT2D eigenvalue weighted by Gasteiger charge is -2.01. The zero-order valence-electron chi connectivity index (χ0n) is 8.20. The van der Waals surface area contributed by atoms with Crippen molar-refractivity contribution in [3.8, 4) is 0 Å². The van der Waals surface area contributed by atoms with E-state index in [9.17, 15) is 4.79 Å². The van der Waals surface area contributed by atoms with Gasteiger partial charge in [0.1, 0.15) is 0 Å². The zero-order chi connectivity index (χ0) is 9.84. The van der Waals surface area contributed by atoms with Crippen molar-refractivity contribution in [3.63, 3.8) is 0 Å². The summed E-state index contributed by atoms with van der Waals surface area (Å²) in [5.41, 5.74) is 1.28. The largest absolute Gasteiger partial charge is 0.461 e. The van der Waals surface area contributed by atoms with Gasteiger partial charge in [-0.15, -0.1) is 0 Å². The molecule has 0 saturated heterocycles. The number of rotatable bonds is 3. The van der Waals surface area contributed by atoms with Crippen LogP contribution in [0.2, 0.25) is 0 Å². The lowest BCUT2D eigenvalue weighted by atomic mass is 10.3. The van der Waals surface area contributed by atoms with Gasteiger partial charge in [-0.2, -0.15) is 0 Å². The maximum absolute atomic E-state index is 11.3. The fourth-order valence-corrected chi connectivity index (χ4v) is 1.16. The van der Waals surface area contributed by atoms with E-state index in [1.54, 1.807) is 13.3 Å². The Hall–Kier alpha value is -1.32. The first-order chi connectivity index (χ1) is 6.20. The first-order valence-electron chi connectivity index (χ1n) is 4.39. The molecule has 1 aromatic rings. The summed E-state index contributed by atoms with van der Waals surface area (Å²) < 4.78 is 6.76. The van der Waals surface area contributed by atoms with E-state index in [1.165, 1.54) is 0 Å². The molecule has 4 nitrogen and oxygen atoms in total. The molecule has 0 aliphatic carbocycles. The zero-order valence-corrected chi connectivity index (χ0v) is 8.20. The second kappa shape index (κ2) is 4.07. The Balaban J connectivity index is 2.89. The standard InChI is InChI=1S/C9H14N2O2/c1-4-11-6-10-8(7(11)3)9(12)13-5-2/h6H,4-5H2,1-3H3. The number of hydrogen-bond donors (Lipinski definition) is 0. The van der Waals surface area contributed by atoms with Crippen molar-refractivity contribution in [3.05, 3.63) is 17.7 Å². The smallest absolute Gasteiger partial charge is 0.358 e. The molecule has 0 aliphatic rings. The van der Waals surface area contributed by atoms with Crippen LogP contribution in [0.15, 0.2) is 6.33 Å². The highest BCUT2D eigenvalue weighted by molar-refractivity contribution is 5.88. The molecule has 0 N–H and O–H groups in total. The van der Waals surface area contributed by atoms with Crippen LogP contribution in [0.3, 0.4) is 0 Å². The number of carbonyl (C=O) groups excluding carboxylic acids is 1. The summed E-state index contributed by atoms with van der Waals surface area (Å²) in [5.74, 6) is -0.341. The molecule has 0 unspecified atom stereocenters. The molecule has 1 aromatic heterocycles. The minimum absolute atomic E-state index is 0.341. The Bertz CT molecular complexity index is 305. The third-order valence-corrected chi connectivity index (χ3v) is 1.91. The summed E-state index contributed by atoms with van der Waals surface area (Å²) in [7, 11) is 0. The number of aromatic nitrogens is 2.